The predicted octanol–water partition coefficient (Wildman–Crippen LogP) is 4.02. The van der Waals surface area contributed by atoms with E-state index in [1.807, 2.05) is 61.7 Å². The highest BCUT2D eigenvalue weighted by atomic mass is 32.1. The summed E-state index contributed by atoms with van der Waals surface area (Å²) in [5, 5.41) is 2.66. The Kier molecular flexibility index (Phi) is 6.17. The molecule has 0 bridgehead atoms. The van der Waals surface area contributed by atoms with Gasteiger partial charge in [0.2, 0.25) is 0 Å². The maximum Gasteiger partial charge on any atom is 0.339 e. The Morgan fingerprint density at radius 2 is 1.65 bits per heavy atom. The van der Waals surface area contributed by atoms with Gasteiger partial charge in [0.05, 0.1) is 24.0 Å². The number of para-hydroxylation sites is 2. The highest BCUT2D eigenvalue weighted by molar-refractivity contribution is 7.80. The minimum atomic E-state index is -0.556. The van der Waals surface area contributed by atoms with Gasteiger partial charge in [0, 0.05) is 11.4 Å². The first-order valence-corrected chi connectivity index (χ1v) is 11.0. The van der Waals surface area contributed by atoms with Gasteiger partial charge in [-0.25, -0.2) is 4.79 Å². The van der Waals surface area contributed by atoms with E-state index in [2.05, 4.69) is 5.32 Å². The van der Waals surface area contributed by atoms with E-state index in [1.165, 1.54) is 12.0 Å². The van der Waals surface area contributed by atoms with Crippen LogP contribution in [0.3, 0.4) is 0 Å². The van der Waals surface area contributed by atoms with Crippen LogP contribution < -0.4 is 10.2 Å². The summed E-state index contributed by atoms with van der Waals surface area (Å²) in [6, 6.07) is 16.3. The monoisotopic (exact) mass is 473 g/mol. The van der Waals surface area contributed by atoms with E-state index >= 15 is 0 Å². The third-order valence-corrected chi connectivity index (χ3v) is 6.06. The number of hydrogen-bond donors (Lipinski definition) is 1. The zero-order chi connectivity index (χ0) is 24.6. The molecule has 7 nitrogen and oxygen atoms in total. The van der Waals surface area contributed by atoms with Crippen molar-refractivity contribution < 1.29 is 19.1 Å². The van der Waals surface area contributed by atoms with Crippen LogP contribution >= 0.6 is 12.2 Å². The van der Waals surface area contributed by atoms with E-state index in [1.54, 1.807) is 24.3 Å². The fourth-order valence-corrected chi connectivity index (χ4v) is 4.38. The summed E-state index contributed by atoms with van der Waals surface area (Å²) in [7, 11) is 1.34. The molecule has 8 heteroatoms. The van der Waals surface area contributed by atoms with Crippen molar-refractivity contribution >= 4 is 46.9 Å². The topological polar surface area (TPSA) is 80.6 Å². The number of aryl methyl sites for hydroxylation is 2. The molecule has 1 N–H and O–H groups in total. The number of esters is 1. The van der Waals surface area contributed by atoms with Crippen molar-refractivity contribution in [1.29, 1.82) is 0 Å². The first kappa shape index (κ1) is 23.1. The summed E-state index contributed by atoms with van der Waals surface area (Å²) >= 11 is 5.30. The van der Waals surface area contributed by atoms with Gasteiger partial charge in [-0.1, -0.05) is 30.3 Å². The van der Waals surface area contributed by atoms with Gasteiger partial charge < -0.3 is 9.30 Å². The molecule has 0 unspecified atom stereocenters. The Morgan fingerprint density at radius 1 is 1.00 bits per heavy atom. The quantitative estimate of drug-likeness (QED) is 0.268. The third-order valence-electron chi connectivity index (χ3n) is 5.78. The van der Waals surface area contributed by atoms with Gasteiger partial charge in [0.15, 0.2) is 5.11 Å². The number of rotatable bonds is 4. The van der Waals surface area contributed by atoms with E-state index in [0.717, 1.165) is 17.0 Å². The number of benzene rings is 2. The molecule has 0 saturated carbocycles. The van der Waals surface area contributed by atoms with Crippen LogP contribution in [0, 0.1) is 20.8 Å². The molecule has 1 aliphatic heterocycles. The molecular weight excluding hydrogens is 450 g/mol. The van der Waals surface area contributed by atoms with Crippen LogP contribution in [0.25, 0.3) is 11.8 Å². The second-order valence-corrected chi connectivity index (χ2v) is 8.30. The lowest BCUT2D eigenvalue weighted by atomic mass is 10.1. The van der Waals surface area contributed by atoms with Gasteiger partial charge >= 0.3 is 5.97 Å². The van der Waals surface area contributed by atoms with Crippen LogP contribution in [-0.4, -0.2) is 34.6 Å². The van der Waals surface area contributed by atoms with Crippen LogP contribution in [0.1, 0.15) is 32.9 Å². The fourth-order valence-electron chi connectivity index (χ4n) is 4.10. The number of carbonyl (C=O) groups is 3. The lowest BCUT2D eigenvalue weighted by Crippen LogP contribution is -2.54. The van der Waals surface area contributed by atoms with Crippen molar-refractivity contribution in [2.75, 3.05) is 12.0 Å². The van der Waals surface area contributed by atoms with Crippen molar-refractivity contribution in [3.63, 3.8) is 0 Å². The van der Waals surface area contributed by atoms with E-state index < -0.39 is 17.8 Å². The van der Waals surface area contributed by atoms with Crippen molar-refractivity contribution in [2.45, 2.75) is 20.8 Å². The fraction of sp³-hybridized carbons (Fsp3) is 0.154. The molecule has 2 heterocycles. The van der Waals surface area contributed by atoms with E-state index in [9.17, 15) is 14.4 Å². The molecule has 1 fully saturated rings. The van der Waals surface area contributed by atoms with Gasteiger partial charge in [-0.2, -0.15) is 0 Å². The Bertz CT molecular complexity index is 1390. The number of amides is 2. The van der Waals surface area contributed by atoms with Crippen LogP contribution in [0.4, 0.5) is 5.69 Å². The van der Waals surface area contributed by atoms with Gasteiger partial charge in [0.1, 0.15) is 5.57 Å². The number of aromatic nitrogens is 1. The number of nitrogens with one attached hydrogen (secondary N) is 1. The Hall–Kier alpha value is -4.04. The number of methoxy groups -OCH3 is 1. The van der Waals surface area contributed by atoms with Crippen LogP contribution in [-0.2, 0) is 14.3 Å². The summed E-state index contributed by atoms with van der Waals surface area (Å²) in [4.78, 5) is 39.8. The van der Waals surface area contributed by atoms with Crippen LogP contribution in [0.15, 0.2) is 60.2 Å². The number of anilines is 1. The van der Waals surface area contributed by atoms with E-state index in [0.29, 0.717) is 22.5 Å². The molecule has 0 spiro atoms. The number of ether oxygens (including phenoxy) is 1. The number of carbonyl (C=O) groups excluding carboxylic acids is 3. The van der Waals surface area contributed by atoms with Crippen molar-refractivity contribution in [1.82, 2.24) is 9.88 Å². The molecule has 2 aromatic carbocycles. The molecule has 0 atom stereocenters. The molecule has 1 saturated heterocycles. The van der Waals surface area contributed by atoms with E-state index in [-0.39, 0.29) is 10.7 Å². The second-order valence-electron chi connectivity index (χ2n) is 7.91. The maximum atomic E-state index is 13.4. The van der Waals surface area contributed by atoms with Crippen molar-refractivity contribution in [3.05, 3.63) is 88.2 Å². The molecule has 1 aromatic heterocycles. The van der Waals surface area contributed by atoms with Crippen LogP contribution in [0.2, 0.25) is 0 Å². The van der Waals surface area contributed by atoms with Gasteiger partial charge in [-0.3, -0.25) is 19.8 Å². The summed E-state index contributed by atoms with van der Waals surface area (Å²) in [6.07, 6.45) is 1.56. The minimum Gasteiger partial charge on any atom is -0.465 e. The summed E-state index contributed by atoms with van der Waals surface area (Å²) in [6.45, 7) is 5.63. The lowest BCUT2D eigenvalue weighted by Gasteiger charge is -2.30. The highest BCUT2D eigenvalue weighted by Crippen LogP contribution is 2.28. The molecule has 34 heavy (non-hydrogen) atoms. The van der Waals surface area contributed by atoms with E-state index in [4.69, 9.17) is 17.0 Å². The third kappa shape index (κ3) is 3.92. The zero-order valence-corrected chi connectivity index (χ0v) is 20.0. The van der Waals surface area contributed by atoms with Gasteiger partial charge in [-0.05, 0) is 74.5 Å². The smallest absolute Gasteiger partial charge is 0.339 e. The minimum absolute atomic E-state index is 0.0293. The molecule has 0 radical (unpaired) electrons. The number of thiocarbonyl (C=S) groups is 1. The molecule has 0 aliphatic carbocycles. The second kappa shape index (κ2) is 9.07. The molecule has 172 valence electrons. The van der Waals surface area contributed by atoms with Crippen molar-refractivity contribution in [2.24, 2.45) is 0 Å². The molecule has 3 aromatic rings. The van der Waals surface area contributed by atoms with Crippen molar-refractivity contribution in [3.8, 4) is 5.69 Å². The summed E-state index contributed by atoms with van der Waals surface area (Å²) < 4.78 is 6.83. The number of hydrogen-bond acceptors (Lipinski definition) is 5. The molecule has 2 amide bonds. The normalized spacial score (nSPS) is 15.0. The SMILES string of the molecule is COC(=O)c1ccccc1-n1c(C)cc(/C=C2\C(=O)NC(=S)N(c3ccccc3C)C2=O)c1C. The largest absolute Gasteiger partial charge is 0.465 e. The average molecular weight is 474 g/mol. The summed E-state index contributed by atoms with van der Waals surface area (Å²) in [5.74, 6) is -1.50. The summed E-state index contributed by atoms with van der Waals surface area (Å²) in [5.41, 5.74) is 4.76. The maximum absolute atomic E-state index is 13.4. The van der Waals surface area contributed by atoms with Crippen LogP contribution in [0.5, 0.6) is 0 Å². The molecule has 4 rings (SSSR count). The Labute approximate surface area is 202 Å². The zero-order valence-electron chi connectivity index (χ0n) is 19.2. The molecule has 1 aliphatic rings. The average Bonchev–Trinajstić information content (AvgIpc) is 3.09. The lowest BCUT2D eigenvalue weighted by molar-refractivity contribution is -0.122. The Morgan fingerprint density at radius 3 is 2.32 bits per heavy atom. The standard InChI is InChI=1S/C26H23N3O4S/c1-15-9-5-7-11-21(15)29-24(31)20(23(30)27-26(29)34)14-18-13-16(2)28(17(18)3)22-12-8-6-10-19(22)25(32)33-4/h5-14H,1-4H3,(H,27,30,34)/b20-14+. The first-order chi connectivity index (χ1) is 16.2. The predicted molar refractivity (Wildman–Crippen MR) is 134 cm³/mol. The Balaban J connectivity index is 1.81. The first-order valence-electron chi connectivity index (χ1n) is 10.6. The highest BCUT2D eigenvalue weighted by Gasteiger charge is 2.35. The number of nitrogens with zero attached hydrogens (tertiary/aromatic N) is 2. The van der Waals surface area contributed by atoms with Gasteiger partial charge in [0.25, 0.3) is 11.8 Å². The molecular formula is C26H23N3O4S. The van der Waals surface area contributed by atoms with Gasteiger partial charge in [-0.15, -0.1) is 0 Å².